The van der Waals surface area contributed by atoms with Crippen LogP contribution in [-0.4, -0.2) is 13.1 Å². The predicted molar refractivity (Wildman–Crippen MR) is 76.6 cm³/mol. The molecule has 15 heavy (non-hydrogen) atoms. The monoisotopic (exact) mass is 334 g/mol. The molecule has 0 unspecified atom stereocenters. The second kappa shape index (κ2) is 4.55. The Morgan fingerprint density at radius 3 is 2.07 bits per heavy atom. The topological polar surface area (TPSA) is 20.2 Å². The van der Waals surface area contributed by atoms with Gasteiger partial charge in [-0.05, 0) is 64.8 Å². The highest BCUT2D eigenvalue weighted by Gasteiger charge is 2.37. The van der Waals surface area contributed by atoms with E-state index in [1.54, 1.807) is 0 Å². The van der Waals surface area contributed by atoms with Crippen LogP contribution in [0, 0.1) is 3.57 Å². The van der Waals surface area contributed by atoms with Crippen molar-refractivity contribution in [2.75, 3.05) is 0 Å². The van der Waals surface area contributed by atoms with E-state index in [4.69, 9.17) is 0 Å². The van der Waals surface area contributed by atoms with E-state index in [-0.39, 0.29) is 5.04 Å². The van der Waals surface area contributed by atoms with E-state index < -0.39 is 8.32 Å². The van der Waals surface area contributed by atoms with Crippen molar-refractivity contribution < 1.29 is 4.80 Å². The molecule has 0 saturated heterocycles. The van der Waals surface area contributed by atoms with Crippen molar-refractivity contribution in [1.82, 2.24) is 0 Å². The molecule has 0 aliphatic rings. The van der Waals surface area contributed by atoms with Crippen molar-refractivity contribution in [2.24, 2.45) is 0 Å². The van der Waals surface area contributed by atoms with Gasteiger partial charge >= 0.3 is 0 Å². The average Bonchev–Trinajstić information content (AvgIpc) is 2.06. The van der Waals surface area contributed by atoms with Gasteiger partial charge in [0.2, 0.25) is 0 Å². The average molecular weight is 334 g/mol. The summed E-state index contributed by atoms with van der Waals surface area (Å²) in [5.74, 6) is 0. The predicted octanol–water partition coefficient (Wildman–Crippen LogP) is 3.81. The first-order chi connectivity index (χ1) is 6.72. The van der Waals surface area contributed by atoms with Crippen LogP contribution in [0.4, 0.5) is 0 Å². The summed E-state index contributed by atoms with van der Waals surface area (Å²) >= 11 is 2.31. The van der Waals surface area contributed by atoms with Gasteiger partial charge in [-0.1, -0.05) is 26.0 Å². The van der Waals surface area contributed by atoms with Crippen LogP contribution >= 0.6 is 22.6 Å². The molecule has 84 valence electrons. The second-order valence-electron chi connectivity index (χ2n) is 5.25. The normalized spacial score (nSPS) is 12.9. The molecule has 0 atom stereocenters. The number of rotatable bonds is 3. The first-order valence-corrected chi connectivity index (χ1v) is 9.22. The molecule has 0 aliphatic carbocycles. The van der Waals surface area contributed by atoms with E-state index in [0.29, 0.717) is 0 Å². The Kier molecular flexibility index (Phi) is 4.00. The molecule has 0 radical (unpaired) electrons. The Bertz CT molecular complexity index is 324. The van der Waals surface area contributed by atoms with Gasteiger partial charge in [0.05, 0.1) is 0 Å². The van der Waals surface area contributed by atoms with Gasteiger partial charge in [0.1, 0.15) is 0 Å². The van der Waals surface area contributed by atoms with Crippen LogP contribution in [0.1, 0.15) is 19.4 Å². The van der Waals surface area contributed by atoms with E-state index >= 15 is 0 Å². The van der Waals surface area contributed by atoms with Gasteiger partial charge < -0.3 is 4.80 Å². The lowest BCUT2D eigenvalue weighted by molar-refractivity contribution is 0.467. The van der Waals surface area contributed by atoms with Crippen LogP contribution < -0.4 is 0 Å². The Hall–Kier alpha value is 0.127. The van der Waals surface area contributed by atoms with Crippen LogP contribution in [0.25, 0.3) is 0 Å². The van der Waals surface area contributed by atoms with E-state index in [2.05, 4.69) is 60.7 Å². The minimum absolute atomic E-state index is 0.0276. The fraction of sp³-hybridized carbons (Fsp3) is 0.500. The highest BCUT2D eigenvalue weighted by molar-refractivity contribution is 14.1. The molecule has 0 bridgehead atoms. The van der Waals surface area contributed by atoms with Crippen LogP contribution in [0.5, 0.6) is 0 Å². The standard InChI is InChI=1S/C12H19IOSi/c1-12(2,15(3,4)14)9-10-5-7-11(13)8-6-10/h5-8,14H,9H2,1-4H3. The highest BCUT2D eigenvalue weighted by Crippen LogP contribution is 2.38. The van der Waals surface area contributed by atoms with Gasteiger partial charge in [0.15, 0.2) is 8.32 Å². The summed E-state index contributed by atoms with van der Waals surface area (Å²) in [6.07, 6.45) is 0.958. The molecular formula is C12H19IOSi. The SMILES string of the molecule is CC(C)(Cc1ccc(I)cc1)[Si](C)(C)O. The summed E-state index contributed by atoms with van der Waals surface area (Å²) in [4.78, 5) is 10.2. The summed E-state index contributed by atoms with van der Waals surface area (Å²) in [5.41, 5.74) is 1.31. The smallest absolute Gasteiger partial charge is 0.188 e. The molecule has 0 spiro atoms. The maximum atomic E-state index is 10.2. The Labute approximate surface area is 107 Å². The number of benzene rings is 1. The van der Waals surface area contributed by atoms with Crippen LogP contribution in [0.2, 0.25) is 18.1 Å². The molecule has 0 aromatic heterocycles. The molecule has 0 amide bonds. The van der Waals surface area contributed by atoms with E-state index in [1.165, 1.54) is 9.13 Å². The minimum Gasteiger partial charge on any atom is -0.432 e. The molecule has 0 fully saturated rings. The van der Waals surface area contributed by atoms with Crippen molar-refractivity contribution >= 4 is 30.9 Å². The largest absolute Gasteiger partial charge is 0.432 e. The molecule has 1 rings (SSSR count). The first-order valence-electron chi connectivity index (χ1n) is 5.19. The highest BCUT2D eigenvalue weighted by atomic mass is 127. The van der Waals surface area contributed by atoms with Gasteiger partial charge in [-0.3, -0.25) is 0 Å². The van der Waals surface area contributed by atoms with Gasteiger partial charge in [0, 0.05) is 3.57 Å². The fourth-order valence-corrected chi connectivity index (χ4v) is 2.33. The lowest BCUT2D eigenvalue weighted by Gasteiger charge is -2.35. The van der Waals surface area contributed by atoms with Gasteiger partial charge in [-0.15, -0.1) is 0 Å². The van der Waals surface area contributed by atoms with Crippen molar-refractivity contribution in [2.45, 2.75) is 38.4 Å². The van der Waals surface area contributed by atoms with E-state index in [9.17, 15) is 4.80 Å². The Morgan fingerprint density at radius 2 is 1.67 bits per heavy atom. The quantitative estimate of drug-likeness (QED) is 0.658. The Balaban J connectivity index is 2.82. The maximum Gasteiger partial charge on any atom is 0.188 e. The van der Waals surface area contributed by atoms with Crippen molar-refractivity contribution in [3.8, 4) is 0 Å². The fourth-order valence-electron chi connectivity index (χ4n) is 1.33. The van der Waals surface area contributed by atoms with Gasteiger partial charge in [-0.2, -0.15) is 0 Å². The van der Waals surface area contributed by atoms with Crippen LogP contribution in [0.15, 0.2) is 24.3 Å². The lowest BCUT2D eigenvalue weighted by atomic mass is 10.0. The number of hydrogen-bond acceptors (Lipinski definition) is 1. The third-order valence-corrected chi connectivity index (χ3v) is 7.42. The van der Waals surface area contributed by atoms with Crippen molar-refractivity contribution in [3.05, 3.63) is 33.4 Å². The van der Waals surface area contributed by atoms with Gasteiger partial charge in [0.25, 0.3) is 0 Å². The molecule has 1 aromatic rings. The molecule has 3 heteroatoms. The summed E-state index contributed by atoms with van der Waals surface area (Å²) in [7, 11) is -2.08. The minimum atomic E-state index is -2.08. The molecule has 0 aliphatic heterocycles. The van der Waals surface area contributed by atoms with Crippen LogP contribution in [-0.2, 0) is 6.42 Å². The molecule has 1 nitrogen and oxygen atoms in total. The summed E-state index contributed by atoms with van der Waals surface area (Å²) in [5, 5.41) is 0.0276. The third-order valence-electron chi connectivity index (χ3n) is 3.22. The second-order valence-corrected chi connectivity index (χ2v) is 11.0. The summed E-state index contributed by atoms with van der Waals surface area (Å²) < 4.78 is 1.26. The molecule has 0 heterocycles. The lowest BCUT2D eigenvalue weighted by Crippen LogP contribution is -2.40. The van der Waals surface area contributed by atoms with Crippen molar-refractivity contribution in [1.29, 1.82) is 0 Å². The molecule has 1 aromatic carbocycles. The number of hydrogen-bond donors (Lipinski definition) is 1. The number of halogens is 1. The maximum absolute atomic E-state index is 10.2. The zero-order valence-electron chi connectivity index (χ0n) is 9.84. The zero-order chi connectivity index (χ0) is 11.7. The van der Waals surface area contributed by atoms with E-state index in [1.807, 2.05) is 13.1 Å². The summed E-state index contributed by atoms with van der Waals surface area (Å²) in [6.45, 7) is 8.35. The Morgan fingerprint density at radius 1 is 1.20 bits per heavy atom. The molecule has 0 saturated carbocycles. The van der Waals surface area contributed by atoms with Gasteiger partial charge in [-0.25, -0.2) is 0 Å². The summed E-state index contributed by atoms with van der Waals surface area (Å²) in [6, 6.07) is 8.56. The van der Waals surface area contributed by atoms with E-state index in [0.717, 1.165) is 6.42 Å². The third kappa shape index (κ3) is 3.57. The van der Waals surface area contributed by atoms with Crippen molar-refractivity contribution in [3.63, 3.8) is 0 Å². The zero-order valence-corrected chi connectivity index (χ0v) is 13.0. The molecule has 1 N–H and O–H groups in total. The molecular weight excluding hydrogens is 315 g/mol. The first kappa shape index (κ1) is 13.2. The van der Waals surface area contributed by atoms with Crippen LogP contribution in [0.3, 0.4) is 0 Å².